The van der Waals surface area contributed by atoms with Gasteiger partial charge in [0.15, 0.2) is 5.78 Å². The Morgan fingerprint density at radius 1 is 0.724 bits per heavy atom. The van der Waals surface area contributed by atoms with Crippen LogP contribution in [-0.2, 0) is 0 Å². The molecule has 0 saturated heterocycles. The summed E-state index contributed by atoms with van der Waals surface area (Å²) < 4.78 is 0. The van der Waals surface area contributed by atoms with Gasteiger partial charge >= 0.3 is 0 Å². The fourth-order valence-corrected chi connectivity index (χ4v) is 6.07. The molecule has 3 aliphatic rings. The minimum absolute atomic E-state index is 0.140. The number of allylic oxidation sites excluding steroid dienone is 1. The van der Waals surface area contributed by atoms with Crippen LogP contribution in [0.2, 0.25) is 0 Å². The standard InChI is InChI=1S/C27H17BO/c1-3-16-18-8-5-9-19-17-7-4-6-15-11-13-21-26(23(15)17)28(24(18)19)25-20(27(21)29)12-10-14(2)22(16)25/h3-13H,1-2H3/b16-3-. The SMILES string of the molecule is C/C=C1/c2cccc3c2B2c4c(ccc(C)c41)C(=O)c1ccc4cccc-3c4c12. The second-order valence-electron chi connectivity index (χ2n) is 8.38. The zero-order valence-corrected chi connectivity index (χ0v) is 16.3. The molecule has 0 atom stereocenters. The van der Waals surface area contributed by atoms with Crippen molar-refractivity contribution in [3.05, 3.63) is 94.6 Å². The number of aryl methyl sites for hydroxylation is 1. The summed E-state index contributed by atoms with van der Waals surface area (Å²) in [6.45, 7) is 4.42. The van der Waals surface area contributed by atoms with Crippen molar-refractivity contribution >= 4 is 45.2 Å². The minimum Gasteiger partial charge on any atom is -0.289 e. The molecule has 7 rings (SSSR count). The summed E-state index contributed by atoms with van der Waals surface area (Å²) >= 11 is 0. The van der Waals surface area contributed by atoms with Crippen LogP contribution in [0.4, 0.5) is 0 Å². The molecule has 3 heterocycles. The Hall–Kier alpha value is -3.39. The molecule has 0 amide bonds. The Bertz CT molecular complexity index is 1490. The number of hydrogen-bond donors (Lipinski definition) is 0. The fourth-order valence-electron chi connectivity index (χ4n) is 6.07. The van der Waals surface area contributed by atoms with E-state index in [-0.39, 0.29) is 12.5 Å². The Balaban J connectivity index is 1.82. The van der Waals surface area contributed by atoms with Crippen LogP contribution in [0.15, 0.2) is 66.7 Å². The van der Waals surface area contributed by atoms with Crippen molar-refractivity contribution in [2.75, 3.05) is 0 Å². The number of rotatable bonds is 0. The van der Waals surface area contributed by atoms with Gasteiger partial charge in [-0.1, -0.05) is 72.2 Å². The topological polar surface area (TPSA) is 17.1 Å². The number of hydrogen-bond acceptors (Lipinski definition) is 1. The second-order valence-corrected chi connectivity index (χ2v) is 8.38. The lowest BCUT2D eigenvalue weighted by atomic mass is 9.27. The highest BCUT2D eigenvalue weighted by Crippen LogP contribution is 2.40. The molecule has 4 aromatic rings. The molecule has 0 unspecified atom stereocenters. The van der Waals surface area contributed by atoms with Crippen molar-refractivity contribution < 1.29 is 4.79 Å². The summed E-state index contributed by atoms with van der Waals surface area (Å²) in [6, 6.07) is 21.5. The molecule has 0 saturated carbocycles. The first kappa shape index (κ1) is 15.5. The molecule has 0 aromatic heterocycles. The fraction of sp³-hybridized carbons (Fsp3) is 0.0741. The van der Waals surface area contributed by atoms with Gasteiger partial charge in [-0.2, -0.15) is 0 Å². The molecular formula is C27H17BO. The van der Waals surface area contributed by atoms with Gasteiger partial charge in [0.25, 0.3) is 0 Å². The van der Waals surface area contributed by atoms with Crippen molar-refractivity contribution in [1.29, 1.82) is 0 Å². The molecule has 29 heavy (non-hydrogen) atoms. The van der Waals surface area contributed by atoms with E-state index >= 15 is 0 Å². The van der Waals surface area contributed by atoms with E-state index in [1.165, 1.54) is 60.6 Å². The molecule has 0 bridgehead atoms. The first-order chi connectivity index (χ1) is 14.2. The lowest BCUT2D eigenvalue weighted by molar-refractivity contribution is 0.104. The third kappa shape index (κ3) is 1.60. The molecule has 0 fully saturated rings. The molecule has 134 valence electrons. The van der Waals surface area contributed by atoms with Crippen LogP contribution in [0.3, 0.4) is 0 Å². The van der Waals surface area contributed by atoms with Crippen molar-refractivity contribution in [3.63, 3.8) is 0 Å². The summed E-state index contributed by atoms with van der Waals surface area (Å²) in [5, 5.41) is 2.48. The molecular weight excluding hydrogens is 351 g/mol. The van der Waals surface area contributed by atoms with Crippen LogP contribution < -0.4 is 16.4 Å². The highest BCUT2D eigenvalue weighted by Gasteiger charge is 2.46. The third-order valence-electron chi connectivity index (χ3n) is 7.14. The van der Waals surface area contributed by atoms with Crippen LogP contribution in [0.1, 0.15) is 39.5 Å². The normalized spacial score (nSPS) is 16.0. The van der Waals surface area contributed by atoms with E-state index in [0.717, 1.165) is 11.1 Å². The van der Waals surface area contributed by atoms with E-state index in [1.54, 1.807) is 0 Å². The van der Waals surface area contributed by atoms with Gasteiger partial charge in [0.1, 0.15) is 0 Å². The summed E-state index contributed by atoms with van der Waals surface area (Å²) in [5.41, 5.74) is 13.2. The van der Waals surface area contributed by atoms with Crippen LogP contribution in [0, 0.1) is 6.92 Å². The number of carbonyl (C=O) groups is 1. The van der Waals surface area contributed by atoms with Gasteiger partial charge < -0.3 is 0 Å². The van der Waals surface area contributed by atoms with Crippen molar-refractivity contribution in [1.82, 2.24) is 0 Å². The first-order valence-electron chi connectivity index (χ1n) is 10.2. The minimum atomic E-state index is 0.140. The molecule has 4 aromatic carbocycles. The van der Waals surface area contributed by atoms with Gasteiger partial charge in [-0.3, -0.25) is 4.79 Å². The van der Waals surface area contributed by atoms with E-state index in [4.69, 9.17) is 0 Å². The van der Waals surface area contributed by atoms with Gasteiger partial charge in [0, 0.05) is 11.1 Å². The highest BCUT2D eigenvalue weighted by molar-refractivity contribution is 7.02. The second kappa shape index (κ2) is 4.96. The number of ketones is 1. The molecule has 3 aliphatic heterocycles. The van der Waals surface area contributed by atoms with Gasteiger partial charge in [0.05, 0.1) is 0 Å². The van der Waals surface area contributed by atoms with Crippen molar-refractivity contribution in [2.24, 2.45) is 0 Å². The molecule has 0 N–H and O–H groups in total. The van der Waals surface area contributed by atoms with Crippen LogP contribution in [-0.4, -0.2) is 12.5 Å². The van der Waals surface area contributed by atoms with E-state index in [1.807, 2.05) is 12.1 Å². The van der Waals surface area contributed by atoms with Crippen molar-refractivity contribution in [3.8, 4) is 11.1 Å². The zero-order chi connectivity index (χ0) is 19.4. The van der Waals surface area contributed by atoms with E-state index in [9.17, 15) is 4.79 Å². The Kier molecular flexibility index (Phi) is 2.65. The molecule has 0 spiro atoms. The maximum atomic E-state index is 13.6. The van der Waals surface area contributed by atoms with E-state index in [2.05, 4.69) is 68.5 Å². The zero-order valence-electron chi connectivity index (χ0n) is 16.3. The predicted octanol–water partition coefficient (Wildman–Crippen LogP) is 3.95. The average molecular weight is 368 g/mol. The Labute approximate surface area is 169 Å². The first-order valence-corrected chi connectivity index (χ1v) is 10.2. The summed E-state index contributed by atoms with van der Waals surface area (Å²) in [6.07, 6.45) is 2.22. The summed E-state index contributed by atoms with van der Waals surface area (Å²) in [4.78, 5) is 13.6. The Morgan fingerprint density at radius 2 is 1.45 bits per heavy atom. The quantitative estimate of drug-likeness (QED) is 0.371. The van der Waals surface area contributed by atoms with Gasteiger partial charge in [-0.15, -0.1) is 0 Å². The summed E-state index contributed by atoms with van der Waals surface area (Å²) in [5.74, 6) is 0.169. The molecule has 1 nitrogen and oxygen atoms in total. The largest absolute Gasteiger partial charge is 0.289 e. The molecule has 0 aliphatic carbocycles. The number of benzene rings is 4. The van der Waals surface area contributed by atoms with Crippen molar-refractivity contribution in [2.45, 2.75) is 13.8 Å². The number of carbonyl (C=O) groups excluding carboxylic acids is 1. The van der Waals surface area contributed by atoms with Crippen LogP contribution in [0.5, 0.6) is 0 Å². The van der Waals surface area contributed by atoms with Gasteiger partial charge in [-0.05, 0) is 68.9 Å². The highest BCUT2D eigenvalue weighted by atomic mass is 16.1. The molecule has 0 radical (unpaired) electrons. The summed E-state index contributed by atoms with van der Waals surface area (Å²) in [7, 11) is 0. The number of fused-ring (bicyclic) bond motifs is 1. The lowest BCUT2D eigenvalue weighted by Crippen LogP contribution is -2.64. The third-order valence-corrected chi connectivity index (χ3v) is 7.14. The van der Waals surface area contributed by atoms with E-state index < -0.39 is 0 Å². The van der Waals surface area contributed by atoms with Crippen LogP contribution >= 0.6 is 0 Å². The maximum Gasteiger partial charge on any atom is 0.246 e. The van der Waals surface area contributed by atoms with E-state index in [0.29, 0.717) is 0 Å². The predicted molar refractivity (Wildman–Crippen MR) is 121 cm³/mol. The Morgan fingerprint density at radius 3 is 2.31 bits per heavy atom. The van der Waals surface area contributed by atoms with Gasteiger partial charge in [-0.25, -0.2) is 0 Å². The lowest BCUT2D eigenvalue weighted by Gasteiger charge is -2.39. The molecule has 2 heteroatoms. The van der Waals surface area contributed by atoms with Gasteiger partial charge in [0.2, 0.25) is 6.71 Å². The van der Waals surface area contributed by atoms with Crippen LogP contribution in [0.25, 0.3) is 27.5 Å². The maximum absolute atomic E-state index is 13.6. The monoisotopic (exact) mass is 368 g/mol. The average Bonchev–Trinajstić information content (AvgIpc) is 2.76. The smallest absolute Gasteiger partial charge is 0.246 e.